The maximum atomic E-state index is 13.1. The molecule has 7 atom stereocenters. The molecule has 0 spiro atoms. The molecule has 0 aliphatic carbocycles. The van der Waals surface area contributed by atoms with Gasteiger partial charge >= 0.3 is 0 Å². The first-order valence-electron chi connectivity index (χ1n) is 29.2. The first-order valence-corrected chi connectivity index (χ1v) is 29.2. The topological polar surface area (TPSA) is 149 Å². The number of hydrogen-bond acceptors (Lipinski definition) is 8. The third-order valence-corrected chi connectivity index (χ3v) is 14.0. The molecule has 1 saturated heterocycles. The van der Waals surface area contributed by atoms with Crippen molar-refractivity contribution in [3.05, 3.63) is 36.5 Å². The van der Waals surface area contributed by atoms with Crippen LogP contribution in [-0.4, -0.2) is 87.5 Å². The third kappa shape index (κ3) is 38.1. The van der Waals surface area contributed by atoms with E-state index >= 15 is 0 Å². The fourth-order valence-electron chi connectivity index (χ4n) is 9.37. The number of aliphatic hydroxyl groups excluding tert-OH is 5. The van der Waals surface area contributed by atoms with Crippen molar-refractivity contribution in [1.29, 1.82) is 0 Å². The second-order valence-electron chi connectivity index (χ2n) is 20.4. The Hall–Kier alpha value is -1.59. The fourth-order valence-corrected chi connectivity index (χ4v) is 9.37. The van der Waals surface area contributed by atoms with Gasteiger partial charge in [0.25, 0.3) is 0 Å². The van der Waals surface area contributed by atoms with Crippen molar-refractivity contribution in [2.24, 2.45) is 0 Å². The Morgan fingerprint density at radius 2 is 0.912 bits per heavy atom. The van der Waals surface area contributed by atoms with Crippen molar-refractivity contribution < 1.29 is 39.8 Å². The summed E-state index contributed by atoms with van der Waals surface area (Å²) < 4.78 is 11.3. The lowest BCUT2D eigenvalue weighted by Crippen LogP contribution is -2.60. The zero-order valence-electron chi connectivity index (χ0n) is 44.4. The molecule has 0 aromatic heterocycles. The van der Waals surface area contributed by atoms with Crippen LogP contribution < -0.4 is 5.32 Å². The summed E-state index contributed by atoms with van der Waals surface area (Å²) in [6, 6.07) is -0.805. The lowest BCUT2D eigenvalue weighted by atomic mass is 9.99. The van der Waals surface area contributed by atoms with Gasteiger partial charge in [-0.05, 0) is 44.9 Å². The summed E-state index contributed by atoms with van der Waals surface area (Å²) in [7, 11) is 0. The van der Waals surface area contributed by atoms with E-state index in [2.05, 4.69) is 43.5 Å². The first kappa shape index (κ1) is 64.4. The SMILES string of the molecule is CC/C=C\C/C=C\CCCCCCCCCCCCCCCCC(=O)NC(COC1OC(CO)C(O)C(O)C1O)C(O)/C=C/CCCCCCCCCCCCCCCCCCCCCCCC. The van der Waals surface area contributed by atoms with Crippen LogP contribution in [-0.2, 0) is 14.3 Å². The molecule has 0 aromatic carbocycles. The van der Waals surface area contributed by atoms with E-state index in [4.69, 9.17) is 9.47 Å². The monoisotopic (exact) mass is 962 g/mol. The van der Waals surface area contributed by atoms with Gasteiger partial charge in [0.05, 0.1) is 25.4 Å². The Labute approximate surface area is 419 Å². The number of carbonyl (C=O) groups excluding carboxylic acids is 1. The first-order chi connectivity index (χ1) is 33.3. The van der Waals surface area contributed by atoms with Gasteiger partial charge in [0.15, 0.2) is 6.29 Å². The molecular formula is C59H111NO8. The van der Waals surface area contributed by atoms with Crippen LogP contribution in [0.25, 0.3) is 0 Å². The molecule has 1 amide bonds. The zero-order chi connectivity index (χ0) is 49.4. The molecule has 0 saturated carbocycles. The molecule has 6 N–H and O–H groups in total. The second-order valence-corrected chi connectivity index (χ2v) is 20.4. The van der Waals surface area contributed by atoms with Crippen molar-refractivity contribution in [2.75, 3.05) is 13.2 Å². The van der Waals surface area contributed by atoms with Crippen LogP contribution in [0.1, 0.15) is 277 Å². The summed E-state index contributed by atoms with van der Waals surface area (Å²) in [4.78, 5) is 13.1. The van der Waals surface area contributed by atoms with Gasteiger partial charge in [0.1, 0.15) is 24.4 Å². The summed E-state index contributed by atoms with van der Waals surface area (Å²) in [6.45, 7) is 3.71. The number of amides is 1. The lowest BCUT2D eigenvalue weighted by molar-refractivity contribution is -0.302. The highest BCUT2D eigenvalue weighted by Crippen LogP contribution is 2.23. The van der Waals surface area contributed by atoms with E-state index in [1.54, 1.807) is 6.08 Å². The minimum absolute atomic E-state index is 0.174. The van der Waals surface area contributed by atoms with Gasteiger partial charge in [-0.15, -0.1) is 0 Å². The molecule has 1 rings (SSSR count). The van der Waals surface area contributed by atoms with Crippen molar-refractivity contribution in [3.63, 3.8) is 0 Å². The van der Waals surface area contributed by atoms with Crippen LogP contribution in [0.2, 0.25) is 0 Å². The highest BCUT2D eigenvalue weighted by Gasteiger charge is 2.44. The molecular weight excluding hydrogens is 851 g/mol. The van der Waals surface area contributed by atoms with Crippen LogP contribution in [0.15, 0.2) is 36.5 Å². The Balaban J connectivity index is 2.22. The second kappa shape index (κ2) is 49.0. The van der Waals surface area contributed by atoms with Crippen LogP contribution in [0.3, 0.4) is 0 Å². The largest absolute Gasteiger partial charge is 0.394 e. The summed E-state index contributed by atoms with van der Waals surface area (Å²) in [6.07, 6.45) is 56.4. The number of hydrogen-bond donors (Lipinski definition) is 6. The molecule has 1 aliphatic heterocycles. The smallest absolute Gasteiger partial charge is 0.220 e. The molecule has 0 aromatic rings. The van der Waals surface area contributed by atoms with Crippen molar-refractivity contribution in [1.82, 2.24) is 5.32 Å². The third-order valence-electron chi connectivity index (χ3n) is 14.0. The molecule has 1 fully saturated rings. The molecule has 9 heteroatoms. The van der Waals surface area contributed by atoms with Gasteiger partial charge in [0, 0.05) is 6.42 Å². The summed E-state index contributed by atoms with van der Waals surface area (Å²) >= 11 is 0. The number of allylic oxidation sites excluding steroid dienone is 5. The fraction of sp³-hybridized carbons (Fsp3) is 0.881. The van der Waals surface area contributed by atoms with Gasteiger partial charge in [-0.3, -0.25) is 4.79 Å². The molecule has 9 nitrogen and oxygen atoms in total. The maximum absolute atomic E-state index is 13.1. The Morgan fingerprint density at radius 1 is 0.515 bits per heavy atom. The Morgan fingerprint density at radius 3 is 1.34 bits per heavy atom. The molecule has 0 bridgehead atoms. The van der Waals surface area contributed by atoms with E-state index in [-0.39, 0.29) is 12.5 Å². The number of aliphatic hydroxyl groups is 5. The number of nitrogens with one attached hydrogen (secondary N) is 1. The predicted molar refractivity (Wildman–Crippen MR) is 286 cm³/mol. The van der Waals surface area contributed by atoms with Gasteiger partial charge in [-0.25, -0.2) is 0 Å². The lowest BCUT2D eigenvalue weighted by Gasteiger charge is -2.40. The molecule has 0 radical (unpaired) electrons. The van der Waals surface area contributed by atoms with Crippen LogP contribution >= 0.6 is 0 Å². The standard InChI is InChI=1S/C59H111NO8/c1-3-5-7-9-11-13-15-17-19-21-23-25-26-27-29-30-32-34-36-38-40-42-44-46-48-53(62)52(51-67-59-58(66)57(65)56(64)54(50-61)68-59)60-55(63)49-47-45-43-41-39-37-35-33-31-28-24-22-20-18-16-14-12-10-8-6-4-2/h6,8,12,14,46,48,52-54,56-59,61-62,64-66H,3-5,7,9-11,13,15-45,47,49-51H2,1-2H3,(H,60,63)/b8-6-,14-12-,48-46+. The van der Waals surface area contributed by atoms with Crippen LogP contribution in [0.5, 0.6) is 0 Å². The molecule has 1 heterocycles. The number of rotatable bonds is 50. The van der Waals surface area contributed by atoms with Gasteiger partial charge < -0.3 is 40.3 Å². The molecule has 68 heavy (non-hydrogen) atoms. The number of carbonyl (C=O) groups is 1. The summed E-state index contributed by atoms with van der Waals surface area (Å²) in [5.41, 5.74) is 0. The summed E-state index contributed by atoms with van der Waals surface area (Å²) in [5.74, 6) is -0.174. The van der Waals surface area contributed by atoms with Gasteiger partial charge in [-0.2, -0.15) is 0 Å². The highest BCUT2D eigenvalue weighted by molar-refractivity contribution is 5.76. The predicted octanol–water partition coefficient (Wildman–Crippen LogP) is 14.4. The van der Waals surface area contributed by atoms with Gasteiger partial charge in [0.2, 0.25) is 5.91 Å². The molecule has 7 unspecified atom stereocenters. The van der Waals surface area contributed by atoms with Gasteiger partial charge in [-0.1, -0.05) is 262 Å². The van der Waals surface area contributed by atoms with Crippen LogP contribution in [0.4, 0.5) is 0 Å². The van der Waals surface area contributed by atoms with Crippen LogP contribution in [0, 0.1) is 0 Å². The number of ether oxygens (including phenoxy) is 2. The quantitative estimate of drug-likeness (QED) is 0.0261. The maximum Gasteiger partial charge on any atom is 0.220 e. The summed E-state index contributed by atoms with van der Waals surface area (Å²) in [5, 5.41) is 54.6. The van der Waals surface area contributed by atoms with Crippen molar-refractivity contribution in [2.45, 2.75) is 320 Å². The minimum Gasteiger partial charge on any atom is -0.394 e. The normalized spacial score (nSPS) is 19.8. The average Bonchev–Trinajstić information content (AvgIpc) is 3.34. The van der Waals surface area contributed by atoms with E-state index in [1.165, 1.54) is 205 Å². The Kier molecular flexibility index (Phi) is 46.4. The highest BCUT2D eigenvalue weighted by atomic mass is 16.7. The van der Waals surface area contributed by atoms with E-state index in [0.29, 0.717) is 6.42 Å². The van der Waals surface area contributed by atoms with E-state index < -0.39 is 49.5 Å². The Bertz CT molecular complexity index is 1160. The molecule has 400 valence electrons. The van der Waals surface area contributed by atoms with E-state index in [0.717, 1.165) is 51.4 Å². The number of unbranched alkanes of at least 4 members (excludes halogenated alkanes) is 36. The van der Waals surface area contributed by atoms with E-state index in [9.17, 15) is 30.3 Å². The average molecular weight is 963 g/mol. The van der Waals surface area contributed by atoms with Crippen molar-refractivity contribution in [3.8, 4) is 0 Å². The zero-order valence-corrected chi connectivity index (χ0v) is 44.4. The minimum atomic E-state index is -1.57. The molecule has 1 aliphatic rings. The van der Waals surface area contributed by atoms with Crippen molar-refractivity contribution >= 4 is 5.91 Å². The van der Waals surface area contributed by atoms with E-state index in [1.807, 2.05) is 6.08 Å².